The number of aryl methyl sites for hydroxylation is 2. The highest BCUT2D eigenvalue weighted by molar-refractivity contribution is 5.76. The highest BCUT2D eigenvalue weighted by Crippen LogP contribution is 2.21. The number of nitrogens with zero attached hydrogens (tertiary/aromatic N) is 5. The third kappa shape index (κ3) is 5.37. The van der Waals surface area contributed by atoms with Crippen LogP contribution in [-0.2, 0) is 17.8 Å². The Kier molecular flexibility index (Phi) is 7.43. The van der Waals surface area contributed by atoms with E-state index in [2.05, 4.69) is 38.5 Å². The lowest BCUT2D eigenvalue weighted by atomic mass is 9.96. The molecule has 0 radical (unpaired) electrons. The molecule has 0 spiro atoms. The third-order valence-corrected chi connectivity index (χ3v) is 6.79. The minimum absolute atomic E-state index is 0.0674. The van der Waals surface area contributed by atoms with Crippen molar-refractivity contribution < 1.29 is 9.53 Å². The van der Waals surface area contributed by atoms with Crippen molar-refractivity contribution in [1.82, 2.24) is 24.8 Å². The normalized spacial score (nSPS) is 14.8. The summed E-state index contributed by atoms with van der Waals surface area (Å²) in [5.41, 5.74) is 5.13. The fourth-order valence-electron chi connectivity index (χ4n) is 4.67. The number of aromatic nitrogens is 3. The fraction of sp³-hybridized carbons (Fsp3) is 0.462. The summed E-state index contributed by atoms with van der Waals surface area (Å²) in [5, 5.41) is 16.6. The molecule has 34 heavy (non-hydrogen) atoms. The first kappa shape index (κ1) is 23.7. The second kappa shape index (κ2) is 10.7. The number of hydrogen-bond donors (Lipinski definition) is 1. The molecule has 2 aromatic heterocycles. The van der Waals surface area contributed by atoms with Gasteiger partial charge >= 0.3 is 0 Å². The van der Waals surface area contributed by atoms with Crippen LogP contribution in [0, 0.1) is 31.1 Å². The molecule has 0 atom stereocenters. The van der Waals surface area contributed by atoms with E-state index in [9.17, 15) is 10.1 Å². The zero-order valence-corrected chi connectivity index (χ0v) is 20.2. The molecule has 1 amide bonds. The zero-order valence-electron chi connectivity index (χ0n) is 20.2. The van der Waals surface area contributed by atoms with Crippen LogP contribution in [0.5, 0.6) is 5.75 Å². The van der Waals surface area contributed by atoms with Gasteiger partial charge in [-0.25, -0.2) is 9.50 Å². The minimum atomic E-state index is 0.0674. The number of hydrogen-bond acceptors (Lipinski definition) is 6. The first-order valence-electron chi connectivity index (χ1n) is 11.8. The van der Waals surface area contributed by atoms with Gasteiger partial charge in [-0.15, -0.1) is 0 Å². The van der Waals surface area contributed by atoms with Crippen LogP contribution in [0.25, 0.3) is 5.65 Å². The average Bonchev–Trinajstić information content (AvgIpc) is 3.27. The number of nitriles is 1. The van der Waals surface area contributed by atoms with Gasteiger partial charge in [-0.05, 0) is 75.4 Å². The van der Waals surface area contributed by atoms with Gasteiger partial charge in [-0.1, -0.05) is 12.1 Å². The summed E-state index contributed by atoms with van der Waals surface area (Å²) in [7, 11) is 1.68. The maximum atomic E-state index is 12.5. The largest absolute Gasteiger partial charge is 0.497 e. The SMILES string of the molecule is COc1ccc(CN2CCC(CNC(=O)CCc3c(C)nc4c(C#N)cnn4c3C)CC2)cc1. The van der Waals surface area contributed by atoms with Crippen molar-refractivity contribution in [2.24, 2.45) is 5.92 Å². The molecule has 1 fully saturated rings. The van der Waals surface area contributed by atoms with Crippen molar-refractivity contribution in [3.8, 4) is 11.8 Å². The average molecular weight is 461 g/mol. The van der Waals surface area contributed by atoms with E-state index in [1.54, 1.807) is 11.6 Å². The molecule has 4 rings (SSSR count). The molecule has 1 aliphatic heterocycles. The van der Waals surface area contributed by atoms with Gasteiger partial charge in [0, 0.05) is 30.9 Å². The van der Waals surface area contributed by atoms with E-state index in [1.807, 2.05) is 26.0 Å². The van der Waals surface area contributed by atoms with Gasteiger partial charge in [0.2, 0.25) is 5.91 Å². The van der Waals surface area contributed by atoms with Crippen LogP contribution in [0.3, 0.4) is 0 Å². The number of methoxy groups -OCH3 is 1. The van der Waals surface area contributed by atoms with Crippen molar-refractivity contribution in [3.63, 3.8) is 0 Å². The molecule has 1 N–H and O–H groups in total. The lowest BCUT2D eigenvalue weighted by Crippen LogP contribution is -2.38. The maximum absolute atomic E-state index is 12.5. The Hall–Kier alpha value is -3.44. The Labute approximate surface area is 200 Å². The molecule has 3 heterocycles. The van der Waals surface area contributed by atoms with Gasteiger partial charge in [0.15, 0.2) is 5.65 Å². The second-order valence-electron chi connectivity index (χ2n) is 9.04. The van der Waals surface area contributed by atoms with Gasteiger partial charge in [-0.2, -0.15) is 10.4 Å². The van der Waals surface area contributed by atoms with Crippen molar-refractivity contribution in [1.29, 1.82) is 5.26 Å². The molecule has 8 heteroatoms. The minimum Gasteiger partial charge on any atom is -0.497 e. The van der Waals surface area contributed by atoms with Gasteiger partial charge in [0.05, 0.1) is 13.3 Å². The van der Waals surface area contributed by atoms with Gasteiger partial charge in [0.25, 0.3) is 0 Å². The molecular formula is C26H32N6O2. The number of benzene rings is 1. The van der Waals surface area contributed by atoms with Crippen molar-refractivity contribution in [3.05, 3.63) is 58.5 Å². The van der Waals surface area contributed by atoms with E-state index in [4.69, 9.17) is 4.74 Å². The standard InChI is InChI=1S/C26H32N6O2/c1-18-24(19(2)32-26(30-18)22(14-27)16-29-32)8-9-25(33)28-15-20-10-12-31(13-11-20)17-21-4-6-23(34-3)7-5-21/h4-7,16,20H,8-13,15,17H2,1-3H3,(H,28,33). The number of fused-ring (bicyclic) bond motifs is 1. The summed E-state index contributed by atoms with van der Waals surface area (Å²) in [5.74, 6) is 1.47. The lowest BCUT2D eigenvalue weighted by Gasteiger charge is -2.32. The van der Waals surface area contributed by atoms with Crippen LogP contribution in [0.1, 0.15) is 47.3 Å². The maximum Gasteiger partial charge on any atom is 0.220 e. The number of amides is 1. The van der Waals surface area contributed by atoms with E-state index in [0.29, 0.717) is 30.0 Å². The molecule has 178 valence electrons. The van der Waals surface area contributed by atoms with E-state index >= 15 is 0 Å². The quantitative estimate of drug-likeness (QED) is 0.555. The van der Waals surface area contributed by atoms with Gasteiger partial charge in [0.1, 0.15) is 17.4 Å². The topological polar surface area (TPSA) is 95.5 Å². The van der Waals surface area contributed by atoms with Crippen LogP contribution >= 0.6 is 0 Å². The lowest BCUT2D eigenvalue weighted by molar-refractivity contribution is -0.121. The highest BCUT2D eigenvalue weighted by Gasteiger charge is 2.20. The predicted molar refractivity (Wildman–Crippen MR) is 130 cm³/mol. The molecule has 0 saturated carbocycles. The molecule has 1 saturated heterocycles. The summed E-state index contributed by atoms with van der Waals surface area (Å²) in [6, 6.07) is 10.4. The molecule has 1 aromatic carbocycles. The van der Waals surface area contributed by atoms with Crippen LogP contribution in [0.2, 0.25) is 0 Å². The van der Waals surface area contributed by atoms with Crippen LogP contribution < -0.4 is 10.1 Å². The molecule has 3 aromatic rings. The first-order chi connectivity index (χ1) is 16.5. The number of rotatable bonds is 8. The molecule has 0 aliphatic carbocycles. The Morgan fingerprint density at radius 1 is 1.24 bits per heavy atom. The summed E-state index contributed by atoms with van der Waals surface area (Å²) >= 11 is 0. The van der Waals surface area contributed by atoms with Crippen LogP contribution in [0.4, 0.5) is 0 Å². The van der Waals surface area contributed by atoms with Gasteiger partial charge in [-0.3, -0.25) is 9.69 Å². The summed E-state index contributed by atoms with van der Waals surface area (Å²) in [6.07, 6.45) is 4.74. The monoisotopic (exact) mass is 460 g/mol. The number of carbonyl (C=O) groups is 1. The second-order valence-corrected chi connectivity index (χ2v) is 9.04. The molecule has 0 unspecified atom stereocenters. The van der Waals surface area contributed by atoms with E-state index in [1.165, 1.54) is 11.8 Å². The number of ether oxygens (including phenoxy) is 1. The number of likely N-dealkylation sites (tertiary alicyclic amines) is 1. The van der Waals surface area contributed by atoms with Crippen LogP contribution in [0.15, 0.2) is 30.5 Å². The Morgan fingerprint density at radius 3 is 2.65 bits per heavy atom. The van der Waals surface area contributed by atoms with E-state index in [0.717, 1.165) is 61.7 Å². The molecule has 1 aliphatic rings. The molecule has 0 bridgehead atoms. The smallest absolute Gasteiger partial charge is 0.220 e. The van der Waals surface area contributed by atoms with E-state index < -0.39 is 0 Å². The summed E-state index contributed by atoms with van der Waals surface area (Å²) < 4.78 is 6.92. The number of piperidine rings is 1. The third-order valence-electron chi connectivity index (χ3n) is 6.79. The highest BCUT2D eigenvalue weighted by atomic mass is 16.5. The number of carbonyl (C=O) groups excluding carboxylic acids is 1. The predicted octanol–water partition coefficient (Wildman–Crippen LogP) is 3.19. The molecule has 8 nitrogen and oxygen atoms in total. The molecular weight excluding hydrogens is 428 g/mol. The van der Waals surface area contributed by atoms with Crippen molar-refractivity contribution in [2.45, 2.75) is 46.1 Å². The fourth-order valence-corrected chi connectivity index (χ4v) is 4.67. The van der Waals surface area contributed by atoms with Crippen molar-refractivity contribution >= 4 is 11.6 Å². The first-order valence-corrected chi connectivity index (χ1v) is 11.8. The summed E-state index contributed by atoms with van der Waals surface area (Å²) in [6.45, 7) is 7.66. The Balaban J connectivity index is 1.22. The van der Waals surface area contributed by atoms with Crippen molar-refractivity contribution in [2.75, 3.05) is 26.7 Å². The summed E-state index contributed by atoms with van der Waals surface area (Å²) in [4.78, 5) is 19.6. The van der Waals surface area contributed by atoms with Crippen LogP contribution in [-0.4, -0.2) is 52.1 Å². The Morgan fingerprint density at radius 2 is 1.97 bits per heavy atom. The number of nitrogens with one attached hydrogen (secondary N) is 1. The zero-order chi connectivity index (χ0) is 24.1. The van der Waals surface area contributed by atoms with E-state index in [-0.39, 0.29) is 5.91 Å². The Bertz CT molecular complexity index is 1190. The van der Waals surface area contributed by atoms with Gasteiger partial charge < -0.3 is 10.1 Å².